The van der Waals surface area contributed by atoms with Gasteiger partial charge in [0.2, 0.25) is 5.91 Å². The quantitative estimate of drug-likeness (QED) is 0.811. The molecule has 1 N–H and O–H groups in total. The van der Waals surface area contributed by atoms with Gasteiger partial charge in [-0.05, 0) is 12.3 Å². The molecular weight excluding hydrogens is 257 g/mol. The van der Waals surface area contributed by atoms with Gasteiger partial charge in [0.15, 0.2) is 0 Å². The van der Waals surface area contributed by atoms with Crippen molar-refractivity contribution in [1.82, 2.24) is 10.2 Å². The average molecular weight is 280 g/mol. The highest BCUT2D eigenvalue weighted by molar-refractivity contribution is 5.84. The van der Waals surface area contributed by atoms with Gasteiger partial charge < -0.3 is 4.90 Å². The van der Waals surface area contributed by atoms with E-state index in [1.807, 2.05) is 20.8 Å². The molecule has 2 unspecified atom stereocenters. The van der Waals surface area contributed by atoms with E-state index in [2.05, 4.69) is 5.32 Å². The maximum absolute atomic E-state index is 12.3. The van der Waals surface area contributed by atoms with Gasteiger partial charge in [0.05, 0.1) is 18.6 Å². The van der Waals surface area contributed by atoms with Crippen LogP contribution in [0.15, 0.2) is 0 Å². The Hall–Kier alpha value is -0.780. The summed E-state index contributed by atoms with van der Waals surface area (Å²) in [6, 6.07) is -0.319. The molecule has 112 valence electrons. The number of hydrogen-bond acceptors (Lipinski definition) is 2. The van der Waals surface area contributed by atoms with E-state index < -0.39 is 12.6 Å². The van der Waals surface area contributed by atoms with Crippen molar-refractivity contribution in [2.45, 2.75) is 64.8 Å². The molecule has 1 saturated heterocycles. The van der Waals surface area contributed by atoms with E-state index in [9.17, 15) is 18.0 Å². The minimum atomic E-state index is -4.22. The van der Waals surface area contributed by atoms with Crippen molar-refractivity contribution < 1.29 is 18.0 Å². The van der Waals surface area contributed by atoms with Crippen LogP contribution in [0.25, 0.3) is 0 Å². The topological polar surface area (TPSA) is 32.3 Å². The zero-order valence-corrected chi connectivity index (χ0v) is 11.8. The summed E-state index contributed by atoms with van der Waals surface area (Å²) >= 11 is 0. The second-order valence-electron chi connectivity index (χ2n) is 5.45. The molecule has 0 aromatic heterocycles. The molecule has 0 aromatic rings. The number of unbranched alkanes of at least 4 members (excludes halogenated alkanes) is 1. The number of halogens is 3. The number of carbonyl (C=O) groups excluding carboxylic acids is 1. The minimum absolute atomic E-state index is 0.101. The monoisotopic (exact) mass is 280 g/mol. The van der Waals surface area contributed by atoms with E-state index in [0.29, 0.717) is 6.42 Å². The van der Waals surface area contributed by atoms with Crippen LogP contribution in [0.4, 0.5) is 13.2 Å². The molecule has 19 heavy (non-hydrogen) atoms. The number of amides is 1. The Balaban J connectivity index is 2.66. The van der Waals surface area contributed by atoms with Gasteiger partial charge >= 0.3 is 6.18 Å². The summed E-state index contributed by atoms with van der Waals surface area (Å²) in [6.07, 6.45) is -2.87. The summed E-state index contributed by atoms with van der Waals surface area (Å²) in [7, 11) is 0. The first-order chi connectivity index (χ1) is 8.76. The Labute approximate surface area is 112 Å². The van der Waals surface area contributed by atoms with Crippen LogP contribution in [0.1, 0.15) is 46.5 Å². The number of hydrogen-bond donors (Lipinski definition) is 1. The maximum atomic E-state index is 12.3. The Kier molecular flexibility index (Phi) is 5.64. The van der Waals surface area contributed by atoms with E-state index in [4.69, 9.17) is 0 Å². The fraction of sp³-hybridized carbons (Fsp3) is 0.923. The maximum Gasteiger partial charge on any atom is 0.390 e. The molecule has 6 heteroatoms. The Bertz CT molecular complexity index is 305. The fourth-order valence-electron chi connectivity index (χ4n) is 2.37. The van der Waals surface area contributed by atoms with Gasteiger partial charge in [0, 0.05) is 6.54 Å². The van der Waals surface area contributed by atoms with Crippen LogP contribution in [0.2, 0.25) is 0 Å². The number of nitrogens with zero attached hydrogens (tertiary/aromatic N) is 1. The molecule has 1 fully saturated rings. The predicted octanol–water partition coefficient (Wildman–Crippen LogP) is 2.91. The zero-order chi connectivity index (χ0) is 14.6. The van der Waals surface area contributed by atoms with Crippen molar-refractivity contribution in [1.29, 1.82) is 0 Å². The standard InChI is InChI=1S/C13H23F3N2O/c1-4-5-6-10-12(19)18(8-7-13(14,15)16)11(17-10)9(2)3/h9-11,17H,4-8H2,1-3H3. The zero-order valence-electron chi connectivity index (χ0n) is 11.8. The molecule has 1 aliphatic rings. The molecule has 0 aromatic carbocycles. The van der Waals surface area contributed by atoms with Gasteiger partial charge in [-0.15, -0.1) is 0 Å². The third kappa shape index (κ3) is 4.67. The number of rotatable bonds is 6. The van der Waals surface area contributed by atoms with E-state index in [1.54, 1.807) is 0 Å². The van der Waals surface area contributed by atoms with Gasteiger partial charge in [-0.2, -0.15) is 13.2 Å². The average Bonchev–Trinajstić information content (AvgIpc) is 2.60. The van der Waals surface area contributed by atoms with E-state index >= 15 is 0 Å². The van der Waals surface area contributed by atoms with Crippen LogP contribution in [-0.2, 0) is 4.79 Å². The molecule has 0 saturated carbocycles. The van der Waals surface area contributed by atoms with Crippen LogP contribution in [0, 0.1) is 5.92 Å². The molecule has 0 spiro atoms. The van der Waals surface area contributed by atoms with E-state index in [0.717, 1.165) is 12.8 Å². The first-order valence-corrected chi connectivity index (χ1v) is 6.89. The van der Waals surface area contributed by atoms with Crippen LogP contribution in [0.3, 0.4) is 0 Å². The molecule has 0 bridgehead atoms. The second-order valence-corrected chi connectivity index (χ2v) is 5.45. The highest BCUT2D eigenvalue weighted by Gasteiger charge is 2.41. The molecule has 0 radical (unpaired) electrons. The van der Waals surface area contributed by atoms with E-state index in [1.165, 1.54) is 4.90 Å². The normalized spacial score (nSPS) is 24.6. The van der Waals surface area contributed by atoms with Crippen molar-refractivity contribution >= 4 is 5.91 Å². The molecular formula is C13H23F3N2O. The highest BCUT2D eigenvalue weighted by Crippen LogP contribution is 2.25. The molecule has 0 aliphatic carbocycles. The molecule has 1 rings (SSSR count). The first kappa shape index (κ1) is 16.3. The summed E-state index contributed by atoms with van der Waals surface area (Å²) < 4.78 is 36.9. The summed E-state index contributed by atoms with van der Waals surface area (Å²) in [5, 5.41) is 3.17. The Morgan fingerprint density at radius 1 is 1.37 bits per heavy atom. The van der Waals surface area contributed by atoms with Gasteiger partial charge in [-0.1, -0.05) is 33.6 Å². The Morgan fingerprint density at radius 2 is 2.00 bits per heavy atom. The van der Waals surface area contributed by atoms with Gasteiger partial charge in [-0.3, -0.25) is 10.1 Å². The second kappa shape index (κ2) is 6.59. The molecule has 1 aliphatic heterocycles. The van der Waals surface area contributed by atoms with Crippen molar-refractivity contribution in [2.24, 2.45) is 5.92 Å². The van der Waals surface area contributed by atoms with Crippen molar-refractivity contribution in [3.63, 3.8) is 0 Å². The molecule has 1 amide bonds. The summed E-state index contributed by atoms with van der Waals surface area (Å²) in [5.74, 6) is -0.0831. The first-order valence-electron chi connectivity index (χ1n) is 6.89. The van der Waals surface area contributed by atoms with Crippen molar-refractivity contribution in [3.8, 4) is 0 Å². The molecule has 3 nitrogen and oxygen atoms in total. The Morgan fingerprint density at radius 3 is 2.47 bits per heavy atom. The summed E-state index contributed by atoms with van der Waals surface area (Å²) in [5.41, 5.74) is 0. The lowest BCUT2D eigenvalue weighted by molar-refractivity contribution is -0.145. The van der Waals surface area contributed by atoms with Crippen LogP contribution in [-0.4, -0.2) is 35.7 Å². The summed E-state index contributed by atoms with van der Waals surface area (Å²) in [6.45, 7) is 5.60. The minimum Gasteiger partial charge on any atom is -0.325 e. The van der Waals surface area contributed by atoms with Crippen molar-refractivity contribution in [3.05, 3.63) is 0 Å². The fourth-order valence-corrected chi connectivity index (χ4v) is 2.37. The highest BCUT2D eigenvalue weighted by atomic mass is 19.4. The number of carbonyl (C=O) groups is 1. The number of nitrogens with one attached hydrogen (secondary N) is 1. The van der Waals surface area contributed by atoms with Gasteiger partial charge in [-0.25, -0.2) is 0 Å². The predicted molar refractivity (Wildman–Crippen MR) is 67.5 cm³/mol. The molecule has 1 heterocycles. The van der Waals surface area contributed by atoms with Gasteiger partial charge in [0.1, 0.15) is 0 Å². The van der Waals surface area contributed by atoms with Crippen molar-refractivity contribution in [2.75, 3.05) is 6.54 Å². The lowest BCUT2D eigenvalue weighted by atomic mass is 10.1. The number of alkyl halides is 3. The van der Waals surface area contributed by atoms with Crippen LogP contribution in [0.5, 0.6) is 0 Å². The lowest BCUT2D eigenvalue weighted by Gasteiger charge is -2.27. The summed E-state index contributed by atoms with van der Waals surface area (Å²) in [4.78, 5) is 13.5. The SMILES string of the molecule is CCCCC1NC(C(C)C)N(CCC(F)(F)F)C1=O. The third-order valence-corrected chi connectivity index (χ3v) is 3.40. The van der Waals surface area contributed by atoms with Crippen LogP contribution < -0.4 is 5.32 Å². The molecule has 2 atom stereocenters. The van der Waals surface area contributed by atoms with Crippen LogP contribution >= 0.6 is 0 Å². The lowest BCUT2D eigenvalue weighted by Crippen LogP contribution is -2.42. The van der Waals surface area contributed by atoms with E-state index in [-0.39, 0.29) is 30.6 Å². The smallest absolute Gasteiger partial charge is 0.325 e. The largest absolute Gasteiger partial charge is 0.390 e. The van der Waals surface area contributed by atoms with Gasteiger partial charge in [0.25, 0.3) is 0 Å². The third-order valence-electron chi connectivity index (χ3n) is 3.40.